The number of thioether (sulfide) groups is 1. The minimum absolute atomic E-state index is 0.0709. The summed E-state index contributed by atoms with van der Waals surface area (Å²) in [5.41, 5.74) is 2.87. The molecule has 2 aliphatic rings. The molecular weight excluding hydrogens is 545 g/mol. The highest BCUT2D eigenvalue weighted by atomic mass is 32.2. The number of hydrogen-bond donors (Lipinski definition) is 0. The van der Waals surface area contributed by atoms with Gasteiger partial charge < -0.3 is 9.80 Å². The number of rotatable bonds is 6. The second-order valence-electron chi connectivity index (χ2n) is 9.60. The van der Waals surface area contributed by atoms with E-state index in [2.05, 4.69) is 28.0 Å². The van der Waals surface area contributed by atoms with E-state index in [0.29, 0.717) is 45.8 Å². The van der Waals surface area contributed by atoms with E-state index in [1.165, 1.54) is 28.8 Å². The van der Waals surface area contributed by atoms with Gasteiger partial charge in [-0.05, 0) is 55.3 Å². The summed E-state index contributed by atoms with van der Waals surface area (Å²) < 4.78 is 15.4. The molecule has 2 saturated heterocycles. The van der Waals surface area contributed by atoms with E-state index in [0.717, 1.165) is 24.3 Å². The number of carbonyl (C=O) groups is 1. The topological polar surface area (TPSA) is 72.6 Å². The first-order chi connectivity index (χ1) is 19.3. The van der Waals surface area contributed by atoms with Crippen molar-refractivity contribution >= 4 is 51.8 Å². The molecule has 0 spiro atoms. The monoisotopic (exact) mass is 573 g/mol. The van der Waals surface area contributed by atoms with Gasteiger partial charge in [-0.25, -0.2) is 4.39 Å². The van der Waals surface area contributed by atoms with Crippen LogP contribution in [0.2, 0.25) is 0 Å². The SMILES string of the molecule is CCn1c(N2CCN(c3ccccc3)CC2)c(C=C2SC(=S)N(Cc3ccc(F)cc3)C2=O)c(C)c(C#N)c1=O. The Hall–Kier alpha value is -3.94. The van der Waals surface area contributed by atoms with E-state index < -0.39 is 0 Å². The van der Waals surface area contributed by atoms with Crippen molar-refractivity contribution < 1.29 is 9.18 Å². The molecule has 2 aromatic carbocycles. The van der Waals surface area contributed by atoms with Crippen molar-refractivity contribution in [2.45, 2.75) is 26.9 Å². The molecule has 0 N–H and O–H groups in total. The summed E-state index contributed by atoms with van der Waals surface area (Å²) in [5.74, 6) is 0.104. The Morgan fingerprint density at radius 3 is 2.30 bits per heavy atom. The molecule has 1 amide bonds. The number of pyridine rings is 1. The molecule has 0 bridgehead atoms. The van der Waals surface area contributed by atoms with Crippen molar-refractivity contribution in [1.82, 2.24) is 9.47 Å². The number of anilines is 2. The highest BCUT2D eigenvalue weighted by Gasteiger charge is 2.33. The fourth-order valence-corrected chi connectivity index (χ4v) is 6.37. The third kappa shape index (κ3) is 5.27. The first-order valence-electron chi connectivity index (χ1n) is 13.0. The molecule has 204 valence electrons. The summed E-state index contributed by atoms with van der Waals surface area (Å²) in [5, 5.41) is 9.85. The average molecular weight is 574 g/mol. The van der Waals surface area contributed by atoms with Crippen LogP contribution >= 0.6 is 24.0 Å². The van der Waals surface area contributed by atoms with E-state index in [1.54, 1.807) is 29.7 Å². The average Bonchev–Trinajstić information content (AvgIpc) is 3.23. The number of aromatic nitrogens is 1. The van der Waals surface area contributed by atoms with Gasteiger partial charge in [-0.1, -0.05) is 54.3 Å². The number of benzene rings is 2. The van der Waals surface area contributed by atoms with Gasteiger partial charge in [-0.3, -0.25) is 19.1 Å². The van der Waals surface area contributed by atoms with Crippen molar-refractivity contribution in [3.63, 3.8) is 0 Å². The third-order valence-electron chi connectivity index (χ3n) is 7.27. The zero-order valence-electron chi connectivity index (χ0n) is 22.3. The molecule has 10 heteroatoms. The molecule has 5 rings (SSSR count). The van der Waals surface area contributed by atoms with Crippen LogP contribution in [0.4, 0.5) is 15.9 Å². The lowest BCUT2D eigenvalue weighted by molar-refractivity contribution is -0.122. The Morgan fingerprint density at radius 2 is 1.68 bits per heavy atom. The summed E-state index contributed by atoms with van der Waals surface area (Å²) in [6.45, 7) is 7.13. The van der Waals surface area contributed by atoms with Gasteiger partial charge in [0.1, 0.15) is 27.6 Å². The van der Waals surface area contributed by atoms with Crippen LogP contribution in [-0.4, -0.2) is 45.9 Å². The number of nitriles is 1. The standard InChI is InChI=1S/C30H28FN5O2S2/c1-3-35-27(34-15-13-33(14-16-34)23-7-5-4-6-8-23)24(20(2)25(18-32)28(35)37)17-26-29(38)36(30(39)40-26)19-21-9-11-22(31)12-10-21/h4-12,17H,3,13-16,19H2,1-2H3. The molecule has 0 atom stereocenters. The van der Waals surface area contributed by atoms with E-state index in [1.807, 2.05) is 25.1 Å². The fraction of sp³-hybridized carbons (Fsp3) is 0.267. The van der Waals surface area contributed by atoms with E-state index in [9.17, 15) is 19.2 Å². The lowest BCUT2D eigenvalue weighted by Crippen LogP contribution is -2.48. The van der Waals surface area contributed by atoms with Gasteiger partial charge in [-0.15, -0.1) is 0 Å². The molecule has 0 unspecified atom stereocenters. The van der Waals surface area contributed by atoms with Crippen molar-refractivity contribution in [3.05, 3.63) is 97.9 Å². The van der Waals surface area contributed by atoms with Crippen LogP contribution < -0.4 is 15.4 Å². The molecular formula is C30H28FN5O2S2. The number of nitrogens with zero attached hydrogens (tertiary/aromatic N) is 5. The van der Waals surface area contributed by atoms with Crippen LogP contribution in [0.5, 0.6) is 0 Å². The first kappa shape index (κ1) is 27.6. The van der Waals surface area contributed by atoms with Crippen molar-refractivity contribution in [1.29, 1.82) is 5.26 Å². The minimum atomic E-state index is -0.346. The summed E-state index contributed by atoms with van der Waals surface area (Å²) in [6, 6.07) is 18.3. The number of hydrogen-bond acceptors (Lipinski definition) is 7. The smallest absolute Gasteiger partial charge is 0.270 e. The van der Waals surface area contributed by atoms with Crippen molar-refractivity contribution in [2.24, 2.45) is 0 Å². The molecule has 1 aromatic heterocycles. The summed E-state index contributed by atoms with van der Waals surface area (Å²) in [4.78, 5) is 33.2. The van der Waals surface area contributed by atoms with E-state index in [4.69, 9.17) is 12.2 Å². The summed E-state index contributed by atoms with van der Waals surface area (Å²) in [7, 11) is 0. The maximum Gasteiger partial charge on any atom is 0.270 e. The third-order valence-corrected chi connectivity index (χ3v) is 8.64. The predicted molar refractivity (Wildman–Crippen MR) is 162 cm³/mol. The molecule has 40 heavy (non-hydrogen) atoms. The van der Waals surface area contributed by atoms with Crippen LogP contribution in [0.3, 0.4) is 0 Å². The number of carbonyl (C=O) groups excluding carboxylic acids is 1. The summed E-state index contributed by atoms with van der Waals surface area (Å²) >= 11 is 6.72. The Bertz CT molecular complexity index is 1590. The zero-order chi connectivity index (χ0) is 28.4. The largest absolute Gasteiger partial charge is 0.368 e. The van der Waals surface area contributed by atoms with Gasteiger partial charge in [0.05, 0.1) is 11.4 Å². The lowest BCUT2D eigenvalue weighted by atomic mass is 10.0. The van der Waals surface area contributed by atoms with Gasteiger partial charge >= 0.3 is 0 Å². The highest BCUT2D eigenvalue weighted by molar-refractivity contribution is 8.26. The zero-order valence-corrected chi connectivity index (χ0v) is 23.9. The van der Waals surface area contributed by atoms with Crippen LogP contribution in [0.15, 0.2) is 64.3 Å². The Labute approximate surface area is 242 Å². The van der Waals surface area contributed by atoms with E-state index in [-0.39, 0.29) is 29.4 Å². The quantitative estimate of drug-likeness (QED) is 0.306. The van der Waals surface area contributed by atoms with Gasteiger partial charge in [-0.2, -0.15) is 5.26 Å². The minimum Gasteiger partial charge on any atom is -0.368 e. The van der Waals surface area contributed by atoms with Crippen molar-refractivity contribution in [3.8, 4) is 6.07 Å². The van der Waals surface area contributed by atoms with Crippen LogP contribution in [0.1, 0.15) is 29.2 Å². The molecule has 0 radical (unpaired) electrons. The first-order valence-corrected chi connectivity index (χ1v) is 14.3. The predicted octanol–water partition coefficient (Wildman–Crippen LogP) is 4.92. The van der Waals surface area contributed by atoms with Gasteiger partial charge in [0, 0.05) is 44.0 Å². The second kappa shape index (κ2) is 11.7. The summed E-state index contributed by atoms with van der Waals surface area (Å²) in [6.07, 6.45) is 1.77. The molecule has 3 heterocycles. The highest BCUT2D eigenvalue weighted by Crippen LogP contribution is 2.37. The molecule has 7 nitrogen and oxygen atoms in total. The number of piperazine rings is 1. The molecule has 3 aromatic rings. The Kier molecular flexibility index (Phi) is 8.05. The molecule has 2 aliphatic heterocycles. The van der Waals surface area contributed by atoms with Crippen LogP contribution in [-0.2, 0) is 17.9 Å². The van der Waals surface area contributed by atoms with Crippen LogP contribution in [0.25, 0.3) is 6.08 Å². The molecule has 2 fully saturated rings. The number of halogens is 1. The fourth-order valence-electron chi connectivity index (χ4n) is 5.13. The van der Waals surface area contributed by atoms with Gasteiger partial charge in [0.25, 0.3) is 11.5 Å². The number of amides is 1. The number of para-hydroxylation sites is 1. The van der Waals surface area contributed by atoms with Crippen molar-refractivity contribution in [2.75, 3.05) is 36.0 Å². The van der Waals surface area contributed by atoms with Gasteiger partial charge in [0.2, 0.25) is 0 Å². The van der Waals surface area contributed by atoms with Gasteiger partial charge in [0.15, 0.2) is 0 Å². The Morgan fingerprint density at radius 1 is 1.02 bits per heavy atom. The Balaban J connectivity index is 1.51. The lowest BCUT2D eigenvalue weighted by Gasteiger charge is -2.39. The molecule has 0 saturated carbocycles. The molecule has 0 aliphatic carbocycles. The van der Waals surface area contributed by atoms with E-state index >= 15 is 0 Å². The van der Waals surface area contributed by atoms with Crippen LogP contribution in [0, 0.1) is 24.1 Å². The maximum atomic E-state index is 13.5. The number of thiocarbonyl (C=S) groups is 1. The second-order valence-corrected chi connectivity index (χ2v) is 11.3. The maximum absolute atomic E-state index is 13.5. The normalized spacial score (nSPS) is 16.6.